The quantitative estimate of drug-likeness (QED) is 0.238. The highest BCUT2D eigenvalue weighted by molar-refractivity contribution is 7.74. The predicted octanol–water partition coefficient (Wildman–Crippen LogP) is 7.22. The van der Waals surface area contributed by atoms with Gasteiger partial charge < -0.3 is 18.9 Å². The summed E-state index contributed by atoms with van der Waals surface area (Å²) in [5.74, 6) is 3.23. The lowest BCUT2D eigenvalue weighted by atomic mass is 10.2. The van der Waals surface area contributed by atoms with Crippen LogP contribution in [0.4, 0.5) is 0 Å². The second kappa shape index (κ2) is 10.2. The molecule has 0 bridgehead atoms. The number of hydrogen-bond acceptors (Lipinski definition) is 4. The molecule has 41 heavy (non-hydrogen) atoms. The Morgan fingerprint density at radius 1 is 0.512 bits per heavy atom. The van der Waals surface area contributed by atoms with Crippen LogP contribution in [0.5, 0.6) is 23.0 Å². The first-order chi connectivity index (χ1) is 19.6. The molecule has 0 aliphatic carbocycles. The third-order valence-electron chi connectivity index (χ3n) is 8.07. The van der Waals surface area contributed by atoms with Gasteiger partial charge in [0.25, 0.3) is 0 Å². The van der Waals surface area contributed by atoms with E-state index >= 15 is 0 Å². The van der Waals surface area contributed by atoms with Crippen LogP contribution < -0.4 is 30.7 Å². The molecule has 1 saturated heterocycles. The van der Waals surface area contributed by atoms with E-state index in [-0.39, 0.29) is 12.2 Å². The van der Waals surface area contributed by atoms with E-state index in [1.165, 1.54) is 43.5 Å². The first-order valence-corrected chi connectivity index (χ1v) is 17.4. The molecule has 3 heterocycles. The molecule has 6 heteroatoms. The Kier molecular flexibility index (Phi) is 6.75. The van der Waals surface area contributed by atoms with Crippen LogP contribution in [0.1, 0.15) is 36.1 Å². The second-order valence-corrected chi connectivity index (χ2v) is 16.4. The summed E-state index contributed by atoms with van der Waals surface area (Å²) in [7, 11) is -1.40. The van der Waals surface area contributed by atoms with Crippen molar-refractivity contribution in [3.05, 3.63) is 95.1 Å². The van der Waals surface area contributed by atoms with E-state index in [1.807, 2.05) is 0 Å². The third-order valence-corrected chi connectivity index (χ3v) is 13.2. The molecule has 0 saturated carbocycles. The van der Waals surface area contributed by atoms with Crippen molar-refractivity contribution in [3.8, 4) is 23.0 Å². The number of benzene rings is 4. The summed E-state index contributed by atoms with van der Waals surface area (Å²) < 4.78 is 26.3. The minimum Gasteiger partial charge on any atom is -0.456 e. The Morgan fingerprint density at radius 3 is 1.10 bits per heavy atom. The molecule has 2 atom stereocenters. The monoisotopic (exact) mass is 582 g/mol. The van der Waals surface area contributed by atoms with E-state index in [0.29, 0.717) is 0 Å². The van der Waals surface area contributed by atoms with Crippen LogP contribution in [0, 0.1) is 27.7 Å². The van der Waals surface area contributed by atoms with Crippen LogP contribution in [0.15, 0.2) is 72.8 Å². The molecule has 0 amide bonds. The van der Waals surface area contributed by atoms with E-state index in [2.05, 4.69) is 114 Å². The van der Waals surface area contributed by atoms with Crippen molar-refractivity contribution < 1.29 is 18.9 Å². The van der Waals surface area contributed by atoms with E-state index in [4.69, 9.17) is 18.9 Å². The predicted molar refractivity (Wildman–Crippen MR) is 171 cm³/mol. The normalized spacial score (nSPS) is 20.8. The van der Waals surface area contributed by atoms with Crippen molar-refractivity contribution in [2.45, 2.75) is 59.5 Å². The van der Waals surface area contributed by atoms with Gasteiger partial charge in [-0.05, 0) is 106 Å². The SMILES string of the molecule is Cc1ccc2c(c1)P(CC1OC(C)(C)OC1CP1c3cc(C)ccc3Oc3ccc(C)cc31)c1cc(C)ccc1O2. The largest absolute Gasteiger partial charge is 0.456 e. The highest BCUT2D eigenvalue weighted by Crippen LogP contribution is 2.51. The summed E-state index contributed by atoms with van der Waals surface area (Å²) in [5, 5.41) is 5.18. The number of hydrogen-bond donors (Lipinski definition) is 0. The molecule has 7 rings (SSSR count). The molecule has 0 spiro atoms. The molecule has 210 valence electrons. The van der Waals surface area contributed by atoms with Gasteiger partial charge in [-0.1, -0.05) is 46.5 Å². The maximum Gasteiger partial charge on any atom is 0.163 e. The average molecular weight is 583 g/mol. The van der Waals surface area contributed by atoms with Crippen LogP contribution >= 0.6 is 15.8 Å². The van der Waals surface area contributed by atoms with E-state index in [1.54, 1.807) is 0 Å². The summed E-state index contributed by atoms with van der Waals surface area (Å²) in [4.78, 5) is 0. The van der Waals surface area contributed by atoms with E-state index < -0.39 is 21.6 Å². The molecule has 0 radical (unpaired) electrons. The van der Waals surface area contributed by atoms with E-state index in [9.17, 15) is 0 Å². The number of ether oxygens (including phenoxy) is 4. The van der Waals surface area contributed by atoms with Crippen molar-refractivity contribution in [1.82, 2.24) is 0 Å². The Hall–Kier alpha value is -2.74. The van der Waals surface area contributed by atoms with E-state index in [0.717, 1.165) is 35.3 Å². The average Bonchev–Trinajstić information content (AvgIpc) is 3.22. The fraction of sp³-hybridized carbons (Fsp3) is 0.314. The molecular weight excluding hydrogens is 546 g/mol. The molecular formula is C35H36O4P2. The molecule has 4 aromatic rings. The lowest BCUT2D eigenvalue weighted by molar-refractivity contribution is -0.142. The van der Waals surface area contributed by atoms with Crippen molar-refractivity contribution in [2.75, 3.05) is 12.3 Å². The maximum atomic E-state index is 6.75. The molecule has 4 aromatic carbocycles. The Bertz CT molecular complexity index is 1440. The lowest BCUT2D eigenvalue weighted by Gasteiger charge is -2.33. The Labute approximate surface area is 245 Å². The van der Waals surface area contributed by atoms with Crippen LogP contribution in [0.25, 0.3) is 0 Å². The van der Waals surface area contributed by atoms with Crippen LogP contribution in [0.3, 0.4) is 0 Å². The highest BCUT2D eigenvalue weighted by Gasteiger charge is 2.45. The fourth-order valence-electron chi connectivity index (χ4n) is 6.17. The second-order valence-electron chi connectivity index (χ2n) is 12.0. The van der Waals surface area contributed by atoms with Gasteiger partial charge in [0.1, 0.15) is 23.0 Å². The topological polar surface area (TPSA) is 36.9 Å². The minimum absolute atomic E-state index is 0.0391. The maximum absolute atomic E-state index is 6.75. The zero-order valence-electron chi connectivity index (χ0n) is 24.5. The van der Waals surface area contributed by atoms with Gasteiger partial charge in [-0.25, -0.2) is 0 Å². The number of fused-ring (bicyclic) bond motifs is 4. The summed E-state index contributed by atoms with van der Waals surface area (Å²) in [6.45, 7) is 12.8. The van der Waals surface area contributed by atoms with Gasteiger partial charge in [0.05, 0.1) is 12.2 Å². The molecule has 4 nitrogen and oxygen atoms in total. The van der Waals surface area contributed by atoms with Gasteiger partial charge in [-0.15, -0.1) is 0 Å². The van der Waals surface area contributed by atoms with Gasteiger partial charge in [0.2, 0.25) is 0 Å². The first kappa shape index (κ1) is 27.1. The summed E-state index contributed by atoms with van der Waals surface area (Å²) >= 11 is 0. The Morgan fingerprint density at radius 2 is 0.805 bits per heavy atom. The molecule has 2 unspecified atom stereocenters. The number of aryl methyl sites for hydroxylation is 4. The van der Waals surface area contributed by atoms with Gasteiger partial charge >= 0.3 is 0 Å². The van der Waals surface area contributed by atoms with Gasteiger partial charge in [-0.2, -0.15) is 0 Å². The van der Waals surface area contributed by atoms with Gasteiger partial charge in [-0.3, -0.25) is 0 Å². The third kappa shape index (κ3) is 5.10. The standard InChI is InChI=1S/C35H36O4P2/c1-21-7-11-25-31(15-21)40(32-16-22(2)8-12-26(32)36-25)19-29-30(39-35(5,6)38-29)20-41-33-17-23(3)9-13-27(33)37-28-14-10-24(4)18-34(28)41/h7-18,29-30H,19-20H2,1-6H3. The van der Waals surface area contributed by atoms with Crippen molar-refractivity contribution in [2.24, 2.45) is 0 Å². The van der Waals surface area contributed by atoms with Crippen molar-refractivity contribution in [3.63, 3.8) is 0 Å². The zero-order valence-corrected chi connectivity index (χ0v) is 26.3. The zero-order chi connectivity index (χ0) is 28.5. The molecule has 0 aromatic heterocycles. The fourth-order valence-corrected chi connectivity index (χ4v) is 11.8. The molecule has 3 aliphatic rings. The molecule has 0 N–H and O–H groups in total. The van der Waals surface area contributed by atoms with Crippen molar-refractivity contribution >= 4 is 37.1 Å². The number of rotatable bonds is 4. The first-order valence-electron chi connectivity index (χ1n) is 14.3. The highest BCUT2D eigenvalue weighted by atomic mass is 31.1. The van der Waals surface area contributed by atoms with Crippen molar-refractivity contribution in [1.29, 1.82) is 0 Å². The molecule has 3 aliphatic heterocycles. The van der Waals surface area contributed by atoms with Gasteiger partial charge in [0.15, 0.2) is 5.79 Å². The molecule has 1 fully saturated rings. The van der Waals surface area contributed by atoms with Crippen LogP contribution in [-0.4, -0.2) is 30.3 Å². The van der Waals surface area contributed by atoms with Crippen LogP contribution in [0.2, 0.25) is 0 Å². The summed E-state index contributed by atoms with van der Waals surface area (Å²) in [6.07, 6.45) is 1.70. The summed E-state index contributed by atoms with van der Waals surface area (Å²) in [6, 6.07) is 26.3. The van der Waals surface area contributed by atoms with Gasteiger partial charge in [0, 0.05) is 33.5 Å². The lowest BCUT2D eigenvalue weighted by Crippen LogP contribution is -2.36. The van der Waals surface area contributed by atoms with Crippen LogP contribution in [-0.2, 0) is 9.47 Å². The minimum atomic E-state index is -0.701. The summed E-state index contributed by atoms with van der Waals surface area (Å²) in [5.41, 5.74) is 5.00. The smallest absolute Gasteiger partial charge is 0.163 e. The Balaban J connectivity index is 1.27.